The molecule has 10 heteroatoms. The lowest BCUT2D eigenvalue weighted by Gasteiger charge is -2.45. The summed E-state index contributed by atoms with van der Waals surface area (Å²) in [4.78, 5) is 25.9. The van der Waals surface area contributed by atoms with Gasteiger partial charge >= 0.3 is 0 Å². The van der Waals surface area contributed by atoms with E-state index < -0.39 is 21.6 Å². The van der Waals surface area contributed by atoms with Gasteiger partial charge in [0.15, 0.2) is 0 Å². The molecular weight excluding hydrogens is 442 g/mol. The maximum absolute atomic E-state index is 13.4. The van der Waals surface area contributed by atoms with Crippen molar-refractivity contribution in [2.45, 2.75) is 38.6 Å². The summed E-state index contributed by atoms with van der Waals surface area (Å²) in [7, 11) is -3.83. The van der Waals surface area contributed by atoms with Crippen molar-refractivity contribution in [3.8, 4) is 0 Å². The molecule has 176 valence electrons. The molecule has 1 aromatic carbocycles. The molecule has 3 unspecified atom stereocenters. The zero-order chi connectivity index (χ0) is 24.3. The Bertz CT molecular complexity index is 1220. The summed E-state index contributed by atoms with van der Waals surface area (Å²) < 4.78 is 29.3. The second kappa shape index (κ2) is 9.62. The third-order valence-electron chi connectivity index (χ3n) is 6.06. The summed E-state index contributed by atoms with van der Waals surface area (Å²) in [5.74, 6) is -0.380. The fraction of sp³-hybridized carbons (Fsp3) is 0.348. The molecule has 0 spiro atoms. The number of nitrogens with zero attached hydrogens (tertiary/aromatic N) is 2. The highest BCUT2D eigenvalue weighted by Gasteiger charge is 2.40. The predicted molar refractivity (Wildman–Crippen MR) is 129 cm³/mol. The molecule has 0 aliphatic carbocycles. The number of pyridine rings is 1. The van der Waals surface area contributed by atoms with Crippen LogP contribution in [0.15, 0.2) is 59.4 Å². The van der Waals surface area contributed by atoms with Gasteiger partial charge in [0.1, 0.15) is 17.6 Å². The molecule has 33 heavy (non-hydrogen) atoms. The molecule has 3 rings (SSSR count). The lowest BCUT2D eigenvalue weighted by atomic mass is 9.83. The van der Waals surface area contributed by atoms with E-state index in [-0.39, 0.29) is 35.9 Å². The van der Waals surface area contributed by atoms with Gasteiger partial charge < -0.3 is 10.2 Å². The van der Waals surface area contributed by atoms with Gasteiger partial charge in [0.2, 0.25) is 16.4 Å². The summed E-state index contributed by atoms with van der Waals surface area (Å²) in [6.07, 6.45) is 0.551. The van der Waals surface area contributed by atoms with Gasteiger partial charge in [-0.05, 0) is 37.1 Å². The van der Waals surface area contributed by atoms with E-state index >= 15 is 0 Å². The number of hydrogen-bond donors (Lipinski definition) is 3. The van der Waals surface area contributed by atoms with Crippen LogP contribution in [0.5, 0.6) is 0 Å². The van der Waals surface area contributed by atoms with Crippen molar-refractivity contribution >= 4 is 28.0 Å². The largest absolute Gasteiger partial charge is 0.341 e. The number of likely N-dealkylation sites (tertiary alicyclic amines) is 1. The molecule has 0 saturated carbocycles. The zero-order valence-corrected chi connectivity index (χ0v) is 19.7. The Morgan fingerprint density at radius 2 is 1.82 bits per heavy atom. The van der Waals surface area contributed by atoms with Crippen molar-refractivity contribution in [2.24, 2.45) is 5.92 Å². The average molecular weight is 472 g/mol. The molecule has 0 bridgehead atoms. The summed E-state index contributed by atoms with van der Waals surface area (Å²) in [6, 6.07) is 10.9. The monoisotopic (exact) mass is 471 g/mol. The number of piperidine rings is 1. The number of carbonyl (C=O) groups excluding carboxylic acids is 1. The standard InChI is InChI=1S/C23H29N5O4S/c1-15-10-11-20(26-33(31,32)12-19-8-6-5-7-9-19)23(30)28(15)21-17(3)16(2)18(4)27(22(21)24)13-25-14-29/h5-11,14,17-18,21,24,26H,2,12-13H2,1,3-4H3,(H,25,29). The number of benzene rings is 1. The molecule has 1 amide bonds. The molecule has 1 aliphatic heterocycles. The van der Waals surface area contributed by atoms with Gasteiger partial charge in [0, 0.05) is 11.6 Å². The van der Waals surface area contributed by atoms with Crippen LogP contribution in [-0.2, 0) is 20.6 Å². The van der Waals surface area contributed by atoms with E-state index in [1.807, 2.05) is 13.8 Å². The number of carbonyl (C=O) groups is 1. The summed E-state index contributed by atoms with van der Waals surface area (Å²) in [5.41, 5.74) is 1.37. The lowest BCUT2D eigenvalue weighted by molar-refractivity contribution is -0.110. The van der Waals surface area contributed by atoms with Crippen LogP contribution < -0.4 is 15.6 Å². The first-order chi connectivity index (χ1) is 15.6. The molecular formula is C23H29N5O4S. The van der Waals surface area contributed by atoms with Crippen LogP contribution in [0.1, 0.15) is 31.1 Å². The summed E-state index contributed by atoms with van der Waals surface area (Å²) in [5, 5.41) is 11.4. The van der Waals surface area contributed by atoms with Crippen molar-refractivity contribution in [3.63, 3.8) is 0 Å². The minimum atomic E-state index is -3.83. The summed E-state index contributed by atoms with van der Waals surface area (Å²) in [6.45, 7) is 9.76. The van der Waals surface area contributed by atoms with Crippen LogP contribution in [0.3, 0.4) is 0 Å². The van der Waals surface area contributed by atoms with Gasteiger partial charge in [-0.25, -0.2) is 8.42 Å². The Morgan fingerprint density at radius 1 is 1.15 bits per heavy atom. The van der Waals surface area contributed by atoms with Crippen LogP contribution in [0.2, 0.25) is 0 Å². The smallest absolute Gasteiger partial charge is 0.275 e. The molecule has 3 N–H and O–H groups in total. The Labute approximate surface area is 193 Å². The Hall–Kier alpha value is -3.40. The number of sulfonamides is 1. The van der Waals surface area contributed by atoms with Crippen LogP contribution in [-0.4, -0.2) is 42.8 Å². The number of hydrogen-bond acceptors (Lipinski definition) is 5. The first kappa shape index (κ1) is 24.2. The minimum Gasteiger partial charge on any atom is -0.341 e. The molecule has 1 aliphatic rings. The highest BCUT2D eigenvalue weighted by atomic mass is 32.2. The fourth-order valence-corrected chi connectivity index (χ4v) is 5.36. The van der Waals surface area contributed by atoms with Crippen LogP contribution >= 0.6 is 0 Å². The Balaban J connectivity index is 1.99. The molecule has 9 nitrogen and oxygen atoms in total. The molecule has 1 saturated heterocycles. The number of aromatic nitrogens is 1. The van der Waals surface area contributed by atoms with Gasteiger partial charge in [-0.1, -0.05) is 43.8 Å². The maximum atomic E-state index is 13.4. The number of anilines is 1. The first-order valence-corrected chi connectivity index (χ1v) is 12.2. The number of amides is 1. The third-order valence-corrected chi connectivity index (χ3v) is 7.30. The van der Waals surface area contributed by atoms with Crippen molar-refractivity contribution < 1.29 is 13.2 Å². The van der Waals surface area contributed by atoms with E-state index in [0.29, 0.717) is 17.7 Å². The number of nitrogens with one attached hydrogen (secondary N) is 3. The normalized spacial score (nSPS) is 21.1. The van der Waals surface area contributed by atoms with Crippen molar-refractivity contribution in [1.29, 1.82) is 5.41 Å². The summed E-state index contributed by atoms with van der Waals surface area (Å²) >= 11 is 0. The van der Waals surface area contributed by atoms with E-state index in [1.165, 1.54) is 10.6 Å². The van der Waals surface area contributed by atoms with E-state index in [1.54, 1.807) is 48.2 Å². The molecule has 1 fully saturated rings. The third kappa shape index (κ3) is 5.00. The van der Waals surface area contributed by atoms with Gasteiger partial charge in [-0.15, -0.1) is 0 Å². The van der Waals surface area contributed by atoms with Crippen molar-refractivity contribution in [2.75, 3.05) is 11.4 Å². The zero-order valence-electron chi connectivity index (χ0n) is 18.9. The van der Waals surface area contributed by atoms with E-state index in [0.717, 1.165) is 5.57 Å². The first-order valence-electron chi connectivity index (χ1n) is 10.5. The second-order valence-corrected chi connectivity index (χ2v) is 9.95. The van der Waals surface area contributed by atoms with Crippen molar-refractivity contribution in [1.82, 2.24) is 14.8 Å². The average Bonchev–Trinajstić information content (AvgIpc) is 2.77. The number of aryl methyl sites for hydroxylation is 1. The SMILES string of the molecule is C=C1C(C)C(n2c(C)ccc(NS(=O)(=O)Cc3ccccc3)c2=O)C(=N)N(CNC=O)C1C. The van der Waals surface area contributed by atoms with E-state index in [9.17, 15) is 18.0 Å². The maximum Gasteiger partial charge on any atom is 0.275 e. The quantitative estimate of drug-likeness (QED) is 0.402. The number of rotatable bonds is 8. The second-order valence-electron chi connectivity index (χ2n) is 8.23. The molecule has 3 atom stereocenters. The highest BCUT2D eigenvalue weighted by Crippen LogP contribution is 2.35. The van der Waals surface area contributed by atoms with E-state index in [2.05, 4.69) is 16.6 Å². The lowest BCUT2D eigenvalue weighted by Crippen LogP contribution is -2.55. The number of amidine groups is 1. The van der Waals surface area contributed by atoms with Crippen molar-refractivity contribution in [3.05, 3.63) is 76.2 Å². The highest BCUT2D eigenvalue weighted by molar-refractivity contribution is 7.91. The van der Waals surface area contributed by atoms with Crippen LogP contribution in [0.25, 0.3) is 0 Å². The molecule has 1 aromatic heterocycles. The molecule has 0 radical (unpaired) electrons. The fourth-order valence-electron chi connectivity index (χ4n) is 4.17. The molecule has 2 aromatic rings. The van der Waals surface area contributed by atoms with Gasteiger partial charge in [-0.3, -0.25) is 24.3 Å². The molecule has 2 heterocycles. The topological polar surface area (TPSA) is 124 Å². The van der Waals surface area contributed by atoms with Gasteiger partial charge in [0.05, 0.1) is 18.5 Å². The van der Waals surface area contributed by atoms with E-state index in [4.69, 9.17) is 5.41 Å². The van der Waals surface area contributed by atoms with Crippen LogP contribution in [0.4, 0.5) is 5.69 Å². The van der Waals surface area contributed by atoms with Gasteiger partial charge in [-0.2, -0.15) is 0 Å². The van der Waals surface area contributed by atoms with Gasteiger partial charge in [0.25, 0.3) is 5.56 Å². The Morgan fingerprint density at radius 3 is 2.45 bits per heavy atom. The predicted octanol–water partition coefficient (Wildman–Crippen LogP) is 2.22. The van der Waals surface area contributed by atoms with Crippen LogP contribution in [0, 0.1) is 18.3 Å². The minimum absolute atomic E-state index is 0.0849. The Kier molecular flexibility index (Phi) is 7.06.